The van der Waals surface area contributed by atoms with Crippen LogP contribution in [0.4, 0.5) is 0 Å². The lowest BCUT2D eigenvalue weighted by Gasteiger charge is -2.22. The second-order valence-electron chi connectivity index (χ2n) is 4.37. The van der Waals surface area contributed by atoms with Crippen molar-refractivity contribution in [2.45, 2.75) is 12.3 Å². The molecule has 0 nitrogen and oxygen atoms in total. The van der Waals surface area contributed by atoms with Crippen LogP contribution in [0.25, 0.3) is 6.08 Å². The van der Waals surface area contributed by atoms with Crippen molar-refractivity contribution in [1.29, 1.82) is 0 Å². The topological polar surface area (TPSA) is 0 Å². The molecule has 1 unspecified atom stereocenters. The van der Waals surface area contributed by atoms with E-state index in [0.717, 1.165) is 11.4 Å². The third-order valence-corrected chi connectivity index (χ3v) is 3.53. The zero-order chi connectivity index (χ0) is 11.7. The van der Waals surface area contributed by atoms with Gasteiger partial charge in [0.2, 0.25) is 0 Å². The first-order chi connectivity index (χ1) is 8.34. The molecule has 0 heterocycles. The van der Waals surface area contributed by atoms with Crippen LogP contribution in [-0.4, -0.2) is 0 Å². The molecule has 1 aliphatic carbocycles. The van der Waals surface area contributed by atoms with Crippen molar-refractivity contribution in [3.8, 4) is 0 Å². The van der Waals surface area contributed by atoms with Gasteiger partial charge in [-0.05, 0) is 35.2 Å². The Balaban J connectivity index is 2.09. The summed E-state index contributed by atoms with van der Waals surface area (Å²) in [4.78, 5) is 0. The standard InChI is InChI=1S/C16H13Cl/c17-14-8-3-7-13(11-14)16-10-4-6-12-5-1-2-9-15(12)16/h1-9,11,16H,10H2. The summed E-state index contributed by atoms with van der Waals surface area (Å²) in [6.45, 7) is 0. The molecule has 3 rings (SSSR count). The number of hydrogen-bond donors (Lipinski definition) is 0. The van der Waals surface area contributed by atoms with Gasteiger partial charge in [-0.25, -0.2) is 0 Å². The number of allylic oxidation sites excluding steroid dienone is 1. The van der Waals surface area contributed by atoms with Gasteiger partial charge in [-0.3, -0.25) is 0 Å². The van der Waals surface area contributed by atoms with E-state index < -0.39 is 0 Å². The van der Waals surface area contributed by atoms with Crippen molar-refractivity contribution in [2.75, 3.05) is 0 Å². The van der Waals surface area contributed by atoms with Crippen LogP contribution in [0.15, 0.2) is 54.6 Å². The van der Waals surface area contributed by atoms with Crippen LogP contribution >= 0.6 is 11.6 Å². The maximum Gasteiger partial charge on any atom is 0.0408 e. The second kappa shape index (κ2) is 4.38. The van der Waals surface area contributed by atoms with Crippen molar-refractivity contribution >= 4 is 17.7 Å². The first kappa shape index (κ1) is 10.6. The Morgan fingerprint density at radius 2 is 1.88 bits per heavy atom. The molecule has 0 aliphatic heterocycles. The van der Waals surface area contributed by atoms with Crippen molar-refractivity contribution in [3.05, 3.63) is 76.3 Å². The van der Waals surface area contributed by atoms with Crippen molar-refractivity contribution < 1.29 is 0 Å². The van der Waals surface area contributed by atoms with E-state index in [2.05, 4.69) is 48.6 Å². The van der Waals surface area contributed by atoms with E-state index in [-0.39, 0.29) is 0 Å². The summed E-state index contributed by atoms with van der Waals surface area (Å²) >= 11 is 6.07. The monoisotopic (exact) mass is 240 g/mol. The molecule has 1 heteroatoms. The minimum Gasteiger partial charge on any atom is -0.0843 e. The van der Waals surface area contributed by atoms with Crippen LogP contribution in [0.3, 0.4) is 0 Å². The Kier molecular flexibility index (Phi) is 2.74. The minimum absolute atomic E-state index is 0.440. The largest absolute Gasteiger partial charge is 0.0843 e. The molecule has 0 amide bonds. The highest BCUT2D eigenvalue weighted by molar-refractivity contribution is 6.30. The lowest BCUT2D eigenvalue weighted by molar-refractivity contribution is 0.819. The number of fused-ring (bicyclic) bond motifs is 1. The van der Waals surface area contributed by atoms with Crippen molar-refractivity contribution in [1.82, 2.24) is 0 Å². The highest BCUT2D eigenvalue weighted by atomic mass is 35.5. The van der Waals surface area contributed by atoms with Crippen LogP contribution in [0.1, 0.15) is 29.0 Å². The van der Waals surface area contributed by atoms with Crippen LogP contribution in [0.5, 0.6) is 0 Å². The summed E-state index contributed by atoms with van der Waals surface area (Å²) in [5.74, 6) is 0.440. The summed E-state index contributed by atoms with van der Waals surface area (Å²) < 4.78 is 0. The fraction of sp³-hybridized carbons (Fsp3) is 0.125. The highest BCUT2D eigenvalue weighted by Gasteiger charge is 2.18. The fourth-order valence-corrected chi connectivity index (χ4v) is 2.68. The Bertz CT molecular complexity index is 569. The molecule has 0 bridgehead atoms. The molecule has 0 N–H and O–H groups in total. The molecular formula is C16H13Cl. The van der Waals surface area contributed by atoms with Crippen molar-refractivity contribution in [2.24, 2.45) is 0 Å². The third kappa shape index (κ3) is 2.01. The van der Waals surface area contributed by atoms with Gasteiger partial charge in [0.1, 0.15) is 0 Å². The first-order valence-electron chi connectivity index (χ1n) is 5.85. The summed E-state index contributed by atoms with van der Waals surface area (Å²) in [7, 11) is 0. The molecule has 0 saturated carbocycles. The van der Waals surface area contributed by atoms with Gasteiger partial charge in [-0.1, -0.05) is 60.2 Å². The van der Waals surface area contributed by atoms with Gasteiger partial charge >= 0.3 is 0 Å². The summed E-state index contributed by atoms with van der Waals surface area (Å²) in [5, 5.41) is 0.814. The van der Waals surface area contributed by atoms with Gasteiger partial charge in [0.15, 0.2) is 0 Å². The van der Waals surface area contributed by atoms with Crippen LogP contribution in [0, 0.1) is 0 Å². The van der Waals surface area contributed by atoms with E-state index in [9.17, 15) is 0 Å². The smallest absolute Gasteiger partial charge is 0.0408 e. The molecule has 0 fully saturated rings. The molecule has 1 aliphatic rings. The van der Waals surface area contributed by atoms with Gasteiger partial charge in [0.05, 0.1) is 0 Å². The lowest BCUT2D eigenvalue weighted by Crippen LogP contribution is -2.05. The molecular weight excluding hydrogens is 228 g/mol. The summed E-state index contributed by atoms with van der Waals surface area (Å²) in [6, 6.07) is 16.8. The maximum absolute atomic E-state index is 6.07. The SMILES string of the molecule is Clc1cccc(C2CC=Cc3ccccc32)c1. The number of halogens is 1. The average molecular weight is 241 g/mol. The van der Waals surface area contributed by atoms with E-state index in [1.807, 2.05) is 12.1 Å². The van der Waals surface area contributed by atoms with Gasteiger partial charge in [-0.15, -0.1) is 0 Å². The number of benzene rings is 2. The second-order valence-corrected chi connectivity index (χ2v) is 4.81. The van der Waals surface area contributed by atoms with E-state index in [1.165, 1.54) is 16.7 Å². The summed E-state index contributed by atoms with van der Waals surface area (Å²) in [6.07, 6.45) is 5.50. The van der Waals surface area contributed by atoms with Crippen molar-refractivity contribution in [3.63, 3.8) is 0 Å². The van der Waals surface area contributed by atoms with E-state index in [1.54, 1.807) is 0 Å². The predicted molar refractivity (Wildman–Crippen MR) is 73.4 cm³/mol. The minimum atomic E-state index is 0.440. The molecule has 0 radical (unpaired) electrons. The number of rotatable bonds is 1. The molecule has 0 saturated heterocycles. The predicted octanol–water partition coefficient (Wildman–Crippen LogP) is 4.89. The Morgan fingerprint density at radius 3 is 2.76 bits per heavy atom. The van der Waals surface area contributed by atoms with Crippen LogP contribution in [0.2, 0.25) is 5.02 Å². The Morgan fingerprint density at radius 1 is 1.00 bits per heavy atom. The Labute approximate surface area is 107 Å². The summed E-state index contributed by atoms with van der Waals surface area (Å²) in [5.41, 5.74) is 4.02. The zero-order valence-electron chi connectivity index (χ0n) is 9.44. The van der Waals surface area contributed by atoms with E-state index in [0.29, 0.717) is 5.92 Å². The third-order valence-electron chi connectivity index (χ3n) is 3.29. The Hall–Kier alpha value is -1.53. The molecule has 1 atom stereocenters. The highest BCUT2D eigenvalue weighted by Crippen LogP contribution is 2.35. The maximum atomic E-state index is 6.07. The lowest BCUT2D eigenvalue weighted by atomic mass is 9.82. The van der Waals surface area contributed by atoms with Gasteiger partial charge in [0, 0.05) is 10.9 Å². The molecule has 2 aromatic carbocycles. The van der Waals surface area contributed by atoms with E-state index >= 15 is 0 Å². The molecule has 17 heavy (non-hydrogen) atoms. The molecule has 84 valence electrons. The van der Waals surface area contributed by atoms with Crippen LogP contribution in [-0.2, 0) is 0 Å². The first-order valence-corrected chi connectivity index (χ1v) is 6.23. The van der Waals surface area contributed by atoms with Gasteiger partial charge in [0.25, 0.3) is 0 Å². The quantitative estimate of drug-likeness (QED) is 0.666. The van der Waals surface area contributed by atoms with Gasteiger partial charge < -0.3 is 0 Å². The normalized spacial score (nSPS) is 17.8. The van der Waals surface area contributed by atoms with Crippen LogP contribution < -0.4 is 0 Å². The average Bonchev–Trinajstić information content (AvgIpc) is 2.38. The fourth-order valence-electron chi connectivity index (χ4n) is 2.48. The van der Waals surface area contributed by atoms with Gasteiger partial charge in [-0.2, -0.15) is 0 Å². The number of hydrogen-bond acceptors (Lipinski definition) is 0. The molecule has 0 spiro atoms. The molecule has 0 aromatic heterocycles. The molecule has 2 aromatic rings. The van der Waals surface area contributed by atoms with E-state index in [4.69, 9.17) is 11.6 Å². The zero-order valence-corrected chi connectivity index (χ0v) is 10.2.